The zero-order valence-corrected chi connectivity index (χ0v) is 14.1. The third-order valence-electron chi connectivity index (χ3n) is 5.29. The van der Waals surface area contributed by atoms with E-state index in [1.165, 1.54) is 25.9 Å². The van der Waals surface area contributed by atoms with Gasteiger partial charge in [-0.3, -0.25) is 9.78 Å². The minimum atomic E-state index is 0.175. The maximum atomic E-state index is 12.3. The average molecular weight is 316 g/mol. The van der Waals surface area contributed by atoms with Crippen molar-refractivity contribution >= 4 is 5.91 Å². The predicted molar refractivity (Wildman–Crippen MR) is 90.9 cm³/mol. The van der Waals surface area contributed by atoms with Gasteiger partial charge in [-0.25, -0.2) is 0 Å². The fourth-order valence-electron chi connectivity index (χ4n) is 3.72. The van der Waals surface area contributed by atoms with Crippen LogP contribution in [-0.2, 0) is 11.3 Å². The van der Waals surface area contributed by atoms with Crippen molar-refractivity contribution in [1.29, 1.82) is 0 Å². The van der Waals surface area contributed by atoms with E-state index in [4.69, 9.17) is 0 Å². The predicted octanol–water partition coefficient (Wildman–Crippen LogP) is 1.50. The molecule has 0 bridgehead atoms. The maximum Gasteiger partial charge on any atom is 0.223 e. The first-order chi connectivity index (χ1) is 11.2. The molecule has 2 aliphatic heterocycles. The Morgan fingerprint density at radius 2 is 1.96 bits per heavy atom. The van der Waals surface area contributed by atoms with Gasteiger partial charge in [0.15, 0.2) is 0 Å². The quantitative estimate of drug-likeness (QED) is 0.915. The topological polar surface area (TPSA) is 48.5 Å². The van der Waals surface area contributed by atoms with Gasteiger partial charge in [0, 0.05) is 30.9 Å². The molecule has 0 aliphatic carbocycles. The normalized spacial score (nSPS) is 22.1. The maximum absolute atomic E-state index is 12.3. The Labute approximate surface area is 139 Å². The van der Waals surface area contributed by atoms with Gasteiger partial charge in [-0.05, 0) is 70.5 Å². The molecule has 0 atom stereocenters. The van der Waals surface area contributed by atoms with Crippen LogP contribution >= 0.6 is 0 Å². The molecule has 23 heavy (non-hydrogen) atoms. The van der Waals surface area contributed by atoms with E-state index in [2.05, 4.69) is 27.1 Å². The minimum absolute atomic E-state index is 0.175. The average Bonchev–Trinajstić information content (AvgIpc) is 2.61. The summed E-state index contributed by atoms with van der Waals surface area (Å²) in [5.41, 5.74) is 1.06. The summed E-state index contributed by atoms with van der Waals surface area (Å²) in [6.07, 6.45) is 8.09. The van der Waals surface area contributed by atoms with E-state index in [1.807, 2.05) is 18.3 Å². The number of pyridine rings is 1. The molecular formula is C18H28N4O. The van der Waals surface area contributed by atoms with E-state index in [-0.39, 0.29) is 11.8 Å². The number of hydrogen-bond acceptors (Lipinski definition) is 4. The Kier molecular flexibility index (Phi) is 5.62. The molecular weight excluding hydrogens is 288 g/mol. The summed E-state index contributed by atoms with van der Waals surface area (Å²) in [5, 5.41) is 3.06. The first-order valence-electron chi connectivity index (χ1n) is 8.81. The Morgan fingerprint density at radius 1 is 1.22 bits per heavy atom. The summed E-state index contributed by atoms with van der Waals surface area (Å²) < 4.78 is 0. The first kappa shape index (κ1) is 16.4. The lowest BCUT2D eigenvalue weighted by Crippen LogP contribution is -2.48. The summed E-state index contributed by atoms with van der Waals surface area (Å²) in [5.74, 6) is 0.381. The van der Waals surface area contributed by atoms with Crippen molar-refractivity contribution in [3.05, 3.63) is 30.1 Å². The lowest BCUT2D eigenvalue weighted by Gasteiger charge is -2.40. The van der Waals surface area contributed by atoms with Gasteiger partial charge in [0.05, 0.1) is 0 Å². The Bertz CT molecular complexity index is 491. The van der Waals surface area contributed by atoms with Crippen molar-refractivity contribution in [2.75, 3.05) is 33.2 Å². The van der Waals surface area contributed by atoms with Crippen LogP contribution in [0.3, 0.4) is 0 Å². The van der Waals surface area contributed by atoms with E-state index in [0.29, 0.717) is 6.54 Å². The van der Waals surface area contributed by atoms with Crippen LogP contribution in [0.5, 0.6) is 0 Å². The van der Waals surface area contributed by atoms with Crippen LogP contribution in [-0.4, -0.2) is 60.0 Å². The molecule has 0 spiro atoms. The van der Waals surface area contributed by atoms with Crippen LogP contribution in [0.4, 0.5) is 0 Å². The molecule has 2 aliphatic rings. The van der Waals surface area contributed by atoms with Crippen LogP contribution in [0.2, 0.25) is 0 Å². The van der Waals surface area contributed by atoms with Gasteiger partial charge < -0.3 is 15.1 Å². The molecule has 1 amide bonds. The zero-order chi connectivity index (χ0) is 16.1. The van der Waals surface area contributed by atoms with Gasteiger partial charge in [-0.2, -0.15) is 0 Å². The number of carbonyl (C=O) groups excluding carboxylic acids is 1. The number of hydrogen-bond donors (Lipinski definition) is 1. The molecule has 0 aromatic carbocycles. The standard InChI is InChI=1S/C18H28N4O/c1-21-9-6-17(7-10-21)22-11-4-16(5-12-22)18(23)20-14-15-3-2-8-19-13-15/h2-3,8,13,16-17H,4-7,9-12,14H2,1H3,(H,20,23). The second-order valence-corrected chi connectivity index (χ2v) is 6.92. The molecule has 1 aromatic heterocycles. The largest absolute Gasteiger partial charge is 0.352 e. The van der Waals surface area contributed by atoms with Crippen molar-refractivity contribution in [3.8, 4) is 0 Å². The number of amides is 1. The first-order valence-corrected chi connectivity index (χ1v) is 8.81. The number of carbonyl (C=O) groups is 1. The summed E-state index contributed by atoms with van der Waals surface area (Å²) in [7, 11) is 2.20. The molecule has 5 nitrogen and oxygen atoms in total. The van der Waals surface area contributed by atoms with E-state index in [1.54, 1.807) is 6.20 Å². The van der Waals surface area contributed by atoms with Crippen molar-refractivity contribution in [2.45, 2.75) is 38.3 Å². The van der Waals surface area contributed by atoms with Crippen LogP contribution in [0.25, 0.3) is 0 Å². The van der Waals surface area contributed by atoms with E-state index in [0.717, 1.165) is 37.5 Å². The zero-order valence-electron chi connectivity index (χ0n) is 14.1. The molecule has 126 valence electrons. The lowest BCUT2D eigenvalue weighted by atomic mass is 9.93. The van der Waals surface area contributed by atoms with Crippen LogP contribution in [0.1, 0.15) is 31.2 Å². The molecule has 1 N–H and O–H groups in total. The van der Waals surface area contributed by atoms with Gasteiger partial charge >= 0.3 is 0 Å². The summed E-state index contributed by atoms with van der Waals surface area (Å²) in [6.45, 7) is 5.13. The highest BCUT2D eigenvalue weighted by atomic mass is 16.1. The molecule has 2 saturated heterocycles. The van der Waals surface area contributed by atoms with Crippen LogP contribution in [0, 0.1) is 5.92 Å². The summed E-state index contributed by atoms with van der Waals surface area (Å²) in [6, 6.07) is 4.63. The number of aromatic nitrogens is 1. The van der Waals surface area contributed by atoms with Gasteiger partial charge in [0.1, 0.15) is 0 Å². The van der Waals surface area contributed by atoms with Gasteiger partial charge in [0.2, 0.25) is 5.91 Å². The van der Waals surface area contributed by atoms with Crippen molar-refractivity contribution in [1.82, 2.24) is 20.1 Å². The van der Waals surface area contributed by atoms with Gasteiger partial charge in [-0.15, -0.1) is 0 Å². The fourth-order valence-corrected chi connectivity index (χ4v) is 3.72. The third kappa shape index (κ3) is 4.52. The highest BCUT2D eigenvalue weighted by Crippen LogP contribution is 2.23. The van der Waals surface area contributed by atoms with E-state index < -0.39 is 0 Å². The SMILES string of the molecule is CN1CCC(N2CCC(C(=O)NCc3cccnc3)CC2)CC1. The molecule has 3 heterocycles. The Hall–Kier alpha value is -1.46. The second-order valence-electron chi connectivity index (χ2n) is 6.92. The van der Waals surface area contributed by atoms with Gasteiger partial charge in [-0.1, -0.05) is 6.07 Å². The fraction of sp³-hybridized carbons (Fsp3) is 0.667. The molecule has 3 rings (SSSR count). The molecule has 0 unspecified atom stereocenters. The summed E-state index contributed by atoms with van der Waals surface area (Å²) >= 11 is 0. The minimum Gasteiger partial charge on any atom is -0.352 e. The van der Waals surface area contributed by atoms with Crippen LogP contribution in [0.15, 0.2) is 24.5 Å². The van der Waals surface area contributed by atoms with Crippen molar-refractivity contribution in [2.24, 2.45) is 5.92 Å². The van der Waals surface area contributed by atoms with Crippen molar-refractivity contribution < 1.29 is 4.79 Å². The second kappa shape index (κ2) is 7.88. The number of rotatable bonds is 4. The number of nitrogens with zero attached hydrogens (tertiary/aromatic N) is 3. The molecule has 1 aromatic rings. The highest BCUT2D eigenvalue weighted by molar-refractivity contribution is 5.78. The number of nitrogens with one attached hydrogen (secondary N) is 1. The molecule has 5 heteroatoms. The van der Waals surface area contributed by atoms with E-state index in [9.17, 15) is 4.79 Å². The van der Waals surface area contributed by atoms with Gasteiger partial charge in [0.25, 0.3) is 0 Å². The van der Waals surface area contributed by atoms with Crippen LogP contribution < -0.4 is 5.32 Å². The van der Waals surface area contributed by atoms with Crippen molar-refractivity contribution in [3.63, 3.8) is 0 Å². The number of likely N-dealkylation sites (tertiary alicyclic amines) is 2. The monoisotopic (exact) mass is 316 g/mol. The lowest BCUT2D eigenvalue weighted by molar-refractivity contribution is -0.126. The number of piperidine rings is 2. The Morgan fingerprint density at radius 3 is 2.61 bits per heavy atom. The summed E-state index contributed by atoms with van der Waals surface area (Å²) in [4.78, 5) is 21.4. The van der Waals surface area contributed by atoms with E-state index >= 15 is 0 Å². The molecule has 0 saturated carbocycles. The molecule has 0 radical (unpaired) electrons. The molecule has 2 fully saturated rings. The smallest absolute Gasteiger partial charge is 0.223 e. The highest BCUT2D eigenvalue weighted by Gasteiger charge is 2.29. The Balaban J connectivity index is 1.40. The third-order valence-corrected chi connectivity index (χ3v) is 5.29.